The third kappa shape index (κ3) is 5.56. The summed E-state index contributed by atoms with van der Waals surface area (Å²) in [5.74, 6) is 0.833. The van der Waals surface area contributed by atoms with Crippen molar-refractivity contribution in [2.45, 2.75) is 34.1 Å². The molecule has 2 aromatic carbocycles. The first-order valence-electron chi connectivity index (χ1n) is 8.79. The zero-order valence-electron chi connectivity index (χ0n) is 15.8. The Hall–Kier alpha value is -2.40. The molecule has 2 rings (SSSR count). The third-order valence-corrected chi connectivity index (χ3v) is 4.24. The van der Waals surface area contributed by atoms with Crippen molar-refractivity contribution in [3.8, 4) is 5.75 Å². The molecule has 0 saturated heterocycles. The molecule has 4 nitrogen and oxygen atoms in total. The van der Waals surface area contributed by atoms with Crippen LogP contribution < -0.4 is 15.4 Å². The van der Waals surface area contributed by atoms with E-state index in [9.17, 15) is 4.79 Å². The van der Waals surface area contributed by atoms with Gasteiger partial charge in [0, 0.05) is 5.69 Å². The lowest BCUT2D eigenvalue weighted by molar-refractivity contribution is 0.0973. The highest BCUT2D eigenvalue weighted by Gasteiger charge is 2.14. The number of hydrogen-bond acceptors (Lipinski definition) is 3. The normalized spacial score (nSPS) is 10.5. The van der Waals surface area contributed by atoms with E-state index in [0.717, 1.165) is 23.2 Å². The summed E-state index contributed by atoms with van der Waals surface area (Å²) in [6.07, 6.45) is 0.933. The fraction of sp³-hybridized carbons (Fsp3) is 0.333. The topological polar surface area (TPSA) is 50.4 Å². The number of carbonyl (C=O) groups excluding carboxylic acids is 1. The van der Waals surface area contributed by atoms with Gasteiger partial charge in [-0.3, -0.25) is 10.1 Å². The van der Waals surface area contributed by atoms with Gasteiger partial charge in [0.2, 0.25) is 0 Å². The summed E-state index contributed by atoms with van der Waals surface area (Å²) in [5, 5.41) is 6.12. The van der Waals surface area contributed by atoms with Crippen LogP contribution in [0.15, 0.2) is 42.5 Å². The smallest absolute Gasteiger partial charge is 0.261 e. The fourth-order valence-corrected chi connectivity index (χ4v) is 2.71. The van der Waals surface area contributed by atoms with Crippen LogP contribution in [0.3, 0.4) is 0 Å². The molecule has 0 aliphatic heterocycles. The predicted molar refractivity (Wildman–Crippen MR) is 111 cm³/mol. The molecule has 0 radical (unpaired) electrons. The van der Waals surface area contributed by atoms with Crippen LogP contribution in [-0.2, 0) is 0 Å². The van der Waals surface area contributed by atoms with Crippen LogP contribution in [0.25, 0.3) is 0 Å². The number of rotatable bonds is 6. The number of hydrogen-bond donors (Lipinski definition) is 2. The van der Waals surface area contributed by atoms with Crippen LogP contribution in [0.2, 0.25) is 0 Å². The molecular formula is C21H26N2O2S. The zero-order chi connectivity index (χ0) is 19.1. The molecule has 2 N–H and O–H groups in total. The summed E-state index contributed by atoms with van der Waals surface area (Å²) in [5.41, 5.74) is 3.53. The summed E-state index contributed by atoms with van der Waals surface area (Å²) in [6.45, 7) is 8.85. The first-order valence-corrected chi connectivity index (χ1v) is 9.19. The van der Waals surface area contributed by atoms with Crippen molar-refractivity contribution in [3.05, 3.63) is 59.2 Å². The second-order valence-electron chi connectivity index (χ2n) is 6.70. The van der Waals surface area contributed by atoms with Crippen LogP contribution in [0.5, 0.6) is 5.75 Å². The largest absolute Gasteiger partial charge is 0.493 e. The van der Waals surface area contributed by atoms with Gasteiger partial charge in [-0.1, -0.05) is 44.2 Å². The lowest BCUT2D eigenvalue weighted by atomic mass is 10.1. The van der Waals surface area contributed by atoms with Gasteiger partial charge >= 0.3 is 0 Å². The molecule has 2 aromatic rings. The van der Waals surface area contributed by atoms with Gasteiger partial charge in [-0.15, -0.1) is 0 Å². The van der Waals surface area contributed by atoms with E-state index in [0.29, 0.717) is 23.8 Å². The van der Waals surface area contributed by atoms with E-state index in [1.807, 2.05) is 44.2 Å². The van der Waals surface area contributed by atoms with Gasteiger partial charge in [0.15, 0.2) is 5.11 Å². The molecule has 0 fully saturated rings. The van der Waals surface area contributed by atoms with E-state index >= 15 is 0 Å². The number of aryl methyl sites for hydroxylation is 2. The lowest BCUT2D eigenvalue weighted by Crippen LogP contribution is -2.34. The van der Waals surface area contributed by atoms with Crippen molar-refractivity contribution in [2.75, 3.05) is 11.9 Å². The molecule has 0 aliphatic rings. The van der Waals surface area contributed by atoms with Crippen molar-refractivity contribution in [3.63, 3.8) is 0 Å². The SMILES string of the molecule is Cc1cccc(C)c1NC(=S)NC(=O)c1ccccc1OCCC(C)C. The van der Waals surface area contributed by atoms with Crippen molar-refractivity contribution in [2.24, 2.45) is 5.92 Å². The third-order valence-electron chi connectivity index (χ3n) is 4.03. The number of benzene rings is 2. The van der Waals surface area contributed by atoms with Gasteiger partial charge in [0.05, 0.1) is 12.2 Å². The van der Waals surface area contributed by atoms with Crippen molar-refractivity contribution < 1.29 is 9.53 Å². The number of carbonyl (C=O) groups is 1. The lowest BCUT2D eigenvalue weighted by Gasteiger charge is -2.15. The van der Waals surface area contributed by atoms with Crippen molar-refractivity contribution >= 4 is 28.9 Å². The Morgan fingerprint density at radius 1 is 1.08 bits per heavy atom. The van der Waals surface area contributed by atoms with Gasteiger partial charge in [-0.2, -0.15) is 0 Å². The van der Waals surface area contributed by atoms with Crippen LogP contribution >= 0.6 is 12.2 Å². The Morgan fingerprint density at radius 2 is 1.73 bits per heavy atom. The molecule has 26 heavy (non-hydrogen) atoms. The predicted octanol–water partition coefficient (Wildman–Crippen LogP) is 4.86. The van der Waals surface area contributed by atoms with Gasteiger partial charge in [0.25, 0.3) is 5.91 Å². The number of ether oxygens (including phenoxy) is 1. The summed E-state index contributed by atoms with van der Waals surface area (Å²) < 4.78 is 5.78. The Balaban J connectivity index is 2.04. The Bertz CT molecular complexity index is 767. The fourth-order valence-electron chi connectivity index (χ4n) is 2.51. The molecule has 0 aliphatic carbocycles. The van der Waals surface area contributed by atoms with Crippen LogP contribution in [0.4, 0.5) is 5.69 Å². The van der Waals surface area contributed by atoms with E-state index in [4.69, 9.17) is 17.0 Å². The van der Waals surface area contributed by atoms with Gasteiger partial charge in [-0.05, 0) is 61.7 Å². The molecule has 0 bridgehead atoms. The average molecular weight is 371 g/mol. The van der Waals surface area contributed by atoms with E-state index < -0.39 is 0 Å². The maximum absolute atomic E-state index is 12.6. The van der Waals surface area contributed by atoms with E-state index in [1.165, 1.54) is 0 Å². The quantitative estimate of drug-likeness (QED) is 0.713. The summed E-state index contributed by atoms with van der Waals surface area (Å²) in [4.78, 5) is 12.6. The molecule has 138 valence electrons. The number of anilines is 1. The van der Waals surface area contributed by atoms with Crippen molar-refractivity contribution in [1.29, 1.82) is 0 Å². The van der Waals surface area contributed by atoms with Gasteiger partial charge < -0.3 is 10.1 Å². The van der Waals surface area contributed by atoms with Gasteiger partial charge in [0.1, 0.15) is 5.75 Å². The van der Waals surface area contributed by atoms with E-state index in [-0.39, 0.29) is 11.0 Å². The number of amides is 1. The van der Waals surface area contributed by atoms with Crippen LogP contribution in [-0.4, -0.2) is 17.6 Å². The van der Waals surface area contributed by atoms with E-state index in [2.05, 4.69) is 24.5 Å². The number of nitrogens with one attached hydrogen (secondary N) is 2. The summed E-state index contributed by atoms with van der Waals surface area (Å²) in [6, 6.07) is 13.2. The van der Waals surface area contributed by atoms with Crippen LogP contribution in [0, 0.1) is 19.8 Å². The van der Waals surface area contributed by atoms with Crippen LogP contribution in [0.1, 0.15) is 41.8 Å². The first kappa shape index (κ1) is 19.9. The minimum absolute atomic E-state index is 0.268. The second kappa shape index (κ2) is 9.34. The molecule has 0 heterocycles. The maximum Gasteiger partial charge on any atom is 0.261 e. The van der Waals surface area contributed by atoms with Gasteiger partial charge in [-0.25, -0.2) is 0 Å². The second-order valence-corrected chi connectivity index (χ2v) is 7.11. The highest BCUT2D eigenvalue weighted by atomic mass is 32.1. The summed E-state index contributed by atoms with van der Waals surface area (Å²) in [7, 11) is 0. The molecule has 1 amide bonds. The summed E-state index contributed by atoms with van der Waals surface area (Å²) >= 11 is 5.31. The molecule has 0 atom stereocenters. The standard InChI is InChI=1S/C21H26N2O2S/c1-14(2)12-13-25-18-11-6-5-10-17(18)20(24)23-21(26)22-19-15(3)8-7-9-16(19)4/h5-11,14H,12-13H2,1-4H3,(H2,22,23,24,26). The van der Waals surface area contributed by atoms with E-state index in [1.54, 1.807) is 12.1 Å². The minimum Gasteiger partial charge on any atom is -0.493 e. The number of para-hydroxylation sites is 2. The molecular weight excluding hydrogens is 344 g/mol. The maximum atomic E-state index is 12.6. The minimum atomic E-state index is -0.283. The molecule has 0 spiro atoms. The molecule has 0 aromatic heterocycles. The highest BCUT2D eigenvalue weighted by molar-refractivity contribution is 7.80. The molecule has 0 saturated carbocycles. The highest BCUT2D eigenvalue weighted by Crippen LogP contribution is 2.20. The first-order chi connectivity index (χ1) is 12.4. The number of thiocarbonyl (C=S) groups is 1. The average Bonchev–Trinajstić information content (AvgIpc) is 2.58. The molecule has 5 heteroatoms. The zero-order valence-corrected chi connectivity index (χ0v) is 16.6. The Labute approximate surface area is 161 Å². The Morgan fingerprint density at radius 3 is 2.38 bits per heavy atom. The van der Waals surface area contributed by atoms with Crippen molar-refractivity contribution in [1.82, 2.24) is 5.32 Å². The molecule has 0 unspecified atom stereocenters. The monoisotopic (exact) mass is 370 g/mol. The Kier molecular flexibility index (Phi) is 7.16.